The van der Waals surface area contributed by atoms with Gasteiger partial charge in [-0.15, -0.1) is 6.58 Å². The highest BCUT2D eigenvalue weighted by Gasteiger charge is 2.25. The van der Waals surface area contributed by atoms with Gasteiger partial charge in [-0.25, -0.2) is 8.42 Å². The molecule has 4 nitrogen and oxygen atoms in total. The maximum atomic E-state index is 12.6. The smallest absolute Gasteiger partial charge is 0.243 e. The Hall–Kier alpha value is -1.04. The maximum Gasteiger partial charge on any atom is 0.243 e. The standard InChI is InChI=1S/C13H19ClN2O2S/c1-4-6-16(7-5-2)19(17,18)13-9-11(14)8-12(15)10(13)3/h4,8-9H,1,5-7,15H2,2-3H3. The molecule has 1 rings (SSSR count). The monoisotopic (exact) mass is 302 g/mol. The third kappa shape index (κ3) is 3.49. The van der Waals surface area contributed by atoms with E-state index < -0.39 is 10.0 Å². The topological polar surface area (TPSA) is 63.4 Å². The number of halogens is 1. The molecule has 19 heavy (non-hydrogen) atoms. The van der Waals surface area contributed by atoms with Crippen LogP contribution in [0.5, 0.6) is 0 Å². The molecule has 106 valence electrons. The number of nitrogens with zero attached hydrogens (tertiary/aromatic N) is 1. The van der Waals surface area contributed by atoms with Crippen molar-refractivity contribution < 1.29 is 8.42 Å². The number of hydrogen-bond acceptors (Lipinski definition) is 3. The van der Waals surface area contributed by atoms with Crippen molar-refractivity contribution in [3.63, 3.8) is 0 Å². The molecule has 0 unspecified atom stereocenters. The highest BCUT2D eigenvalue weighted by molar-refractivity contribution is 7.89. The summed E-state index contributed by atoms with van der Waals surface area (Å²) in [7, 11) is -3.60. The van der Waals surface area contributed by atoms with Crippen LogP contribution < -0.4 is 5.73 Å². The molecule has 0 heterocycles. The number of hydrogen-bond donors (Lipinski definition) is 1. The molecule has 0 saturated heterocycles. The molecule has 0 atom stereocenters. The van der Waals surface area contributed by atoms with E-state index >= 15 is 0 Å². The molecule has 1 aromatic rings. The maximum absolute atomic E-state index is 12.6. The van der Waals surface area contributed by atoms with Crippen LogP contribution in [0.3, 0.4) is 0 Å². The van der Waals surface area contributed by atoms with Gasteiger partial charge < -0.3 is 5.73 Å². The van der Waals surface area contributed by atoms with Gasteiger partial charge in [-0.05, 0) is 31.0 Å². The van der Waals surface area contributed by atoms with Crippen molar-refractivity contribution in [2.24, 2.45) is 0 Å². The first-order valence-corrected chi connectivity index (χ1v) is 7.83. The highest BCUT2D eigenvalue weighted by Crippen LogP contribution is 2.28. The van der Waals surface area contributed by atoms with Gasteiger partial charge in [0.25, 0.3) is 0 Å². The molecule has 0 amide bonds. The second kappa shape index (κ2) is 6.41. The quantitative estimate of drug-likeness (QED) is 0.649. The van der Waals surface area contributed by atoms with Crippen LogP contribution in [0.1, 0.15) is 18.9 Å². The summed E-state index contributed by atoms with van der Waals surface area (Å²) in [5.41, 5.74) is 6.68. The Bertz CT molecular complexity index is 570. The van der Waals surface area contributed by atoms with Gasteiger partial charge in [-0.3, -0.25) is 0 Å². The summed E-state index contributed by atoms with van der Waals surface area (Å²) >= 11 is 5.90. The number of nitrogen functional groups attached to an aromatic ring is 1. The SMILES string of the molecule is C=CCN(CCC)S(=O)(=O)c1cc(Cl)cc(N)c1C. The third-order valence-electron chi connectivity index (χ3n) is 2.79. The second-order valence-corrected chi connectivity index (χ2v) is 6.61. The van der Waals surface area contributed by atoms with Crippen molar-refractivity contribution in [2.75, 3.05) is 18.8 Å². The number of rotatable bonds is 6. The Balaban J connectivity index is 3.36. The van der Waals surface area contributed by atoms with Gasteiger partial charge >= 0.3 is 0 Å². The van der Waals surface area contributed by atoms with Gasteiger partial charge in [0.15, 0.2) is 0 Å². The summed E-state index contributed by atoms with van der Waals surface area (Å²) in [4.78, 5) is 0.160. The zero-order chi connectivity index (χ0) is 14.6. The Morgan fingerprint density at radius 2 is 2.11 bits per heavy atom. The minimum atomic E-state index is -3.60. The number of benzene rings is 1. The summed E-state index contributed by atoms with van der Waals surface area (Å²) < 4.78 is 26.6. The number of sulfonamides is 1. The molecular weight excluding hydrogens is 284 g/mol. The zero-order valence-corrected chi connectivity index (χ0v) is 12.8. The van der Waals surface area contributed by atoms with E-state index in [1.807, 2.05) is 6.92 Å². The summed E-state index contributed by atoms with van der Waals surface area (Å²) in [6.07, 6.45) is 2.29. The molecule has 0 fully saturated rings. The fourth-order valence-corrected chi connectivity index (χ4v) is 3.86. The predicted octanol–water partition coefficient (Wildman–Crippen LogP) is 2.82. The van der Waals surface area contributed by atoms with Gasteiger partial charge in [-0.2, -0.15) is 4.31 Å². The van der Waals surface area contributed by atoms with E-state index in [0.717, 1.165) is 6.42 Å². The van der Waals surface area contributed by atoms with E-state index in [0.29, 0.717) is 22.8 Å². The van der Waals surface area contributed by atoms with Crippen molar-refractivity contribution in [3.05, 3.63) is 35.4 Å². The first kappa shape index (κ1) is 16.0. The van der Waals surface area contributed by atoms with E-state index in [4.69, 9.17) is 17.3 Å². The molecule has 1 aromatic carbocycles. The van der Waals surface area contributed by atoms with Crippen LogP contribution in [0.15, 0.2) is 29.7 Å². The summed E-state index contributed by atoms with van der Waals surface area (Å²) in [5.74, 6) is 0. The van der Waals surface area contributed by atoms with Crippen molar-refractivity contribution >= 4 is 27.3 Å². The van der Waals surface area contributed by atoms with Crippen LogP contribution in [0, 0.1) is 6.92 Å². The minimum absolute atomic E-state index is 0.160. The summed E-state index contributed by atoms with van der Waals surface area (Å²) in [5, 5.41) is 0.316. The van der Waals surface area contributed by atoms with Gasteiger partial charge in [0, 0.05) is 23.8 Å². The van der Waals surface area contributed by atoms with Gasteiger partial charge in [0.05, 0.1) is 4.90 Å². The van der Waals surface area contributed by atoms with Crippen molar-refractivity contribution in [1.29, 1.82) is 0 Å². The Kier molecular flexibility index (Phi) is 5.40. The third-order valence-corrected chi connectivity index (χ3v) is 5.00. The molecule has 0 bridgehead atoms. The van der Waals surface area contributed by atoms with Crippen molar-refractivity contribution in [2.45, 2.75) is 25.2 Å². The molecular formula is C13H19ClN2O2S. The average Bonchev–Trinajstić information content (AvgIpc) is 2.33. The van der Waals surface area contributed by atoms with E-state index in [1.165, 1.54) is 10.4 Å². The number of nitrogens with two attached hydrogens (primary N) is 1. The average molecular weight is 303 g/mol. The van der Waals surface area contributed by atoms with E-state index in [9.17, 15) is 8.42 Å². The van der Waals surface area contributed by atoms with Crippen LogP contribution in [-0.4, -0.2) is 25.8 Å². The fourth-order valence-electron chi connectivity index (χ4n) is 1.78. The second-order valence-electron chi connectivity index (χ2n) is 4.27. The normalized spacial score (nSPS) is 11.8. The molecule has 0 aliphatic carbocycles. The lowest BCUT2D eigenvalue weighted by Crippen LogP contribution is -2.32. The largest absolute Gasteiger partial charge is 0.398 e. The zero-order valence-electron chi connectivity index (χ0n) is 11.2. The molecule has 0 radical (unpaired) electrons. The Morgan fingerprint density at radius 3 is 2.63 bits per heavy atom. The van der Waals surface area contributed by atoms with Gasteiger partial charge in [0.2, 0.25) is 10.0 Å². The lowest BCUT2D eigenvalue weighted by molar-refractivity contribution is 0.441. The van der Waals surface area contributed by atoms with Gasteiger partial charge in [-0.1, -0.05) is 24.6 Å². The lowest BCUT2D eigenvalue weighted by Gasteiger charge is -2.21. The molecule has 2 N–H and O–H groups in total. The van der Waals surface area contributed by atoms with Crippen LogP contribution >= 0.6 is 11.6 Å². The molecule has 6 heteroatoms. The van der Waals surface area contributed by atoms with Crippen LogP contribution in [0.25, 0.3) is 0 Å². The molecule has 0 spiro atoms. The van der Waals surface area contributed by atoms with Crippen molar-refractivity contribution in [1.82, 2.24) is 4.31 Å². The first-order valence-electron chi connectivity index (χ1n) is 6.01. The van der Waals surface area contributed by atoms with E-state index in [1.54, 1.807) is 19.1 Å². The Labute approximate surface area is 119 Å². The van der Waals surface area contributed by atoms with Crippen LogP contribution in [0.2, 0.25) is 5.02 Å². The summed E-state index contributed by atoms with van der Waals surface area (Å²) in [6.45, 7) is 7.89. The fraction of sp³-hybridized carbons (Fsp3) is 0.385. The lowest BCUT2D eigenvalue weighted by atomic mass is 10.2. The molecule has 0 aliphatic heterocycles. The first-order chi connectivity index (χ1) is 8.84. The predicted molar refractivity (Wildman–Crippen MR) is 79.8 cm³/mol. The highest BCUT2D eigenvalue weighted by atomic mass is 35.5. The van der Waals surface area contributed by atoms with E-state index in [-0.39, 0.29) is 11.4 Å². The van der Waals surface area contributed by atoms with E-state index in [2.05, 4.69) is 6.58 Å². The molecule has 0 aromatic heterocycles. The van der Waals surface area contributed by atoms with Crippen LogP contribution in [-0.2, 0) is 10.0 Å². The summed E-state index contributed by atoms with van der Waals surface area (Å²) in [6, 6.07) is 2.99. The molecule has 0 saturated carbocycles. The van der Waals surface area contributed by atoms with Gasteiger partial charge in [0.1, 0.15) is 0 Å². The van der Waals surface area contributed by atoms with Crippen molar-refractivity contribution in [3.8, 4) is 0 Å². The molecule has 0 aliphatic rings. The Morgan fingerprint density at radius 1 is 1.47 bits per heavy atom. The minimum Gasteiger partial charge on any atom is -0.398 e. The van der Waals surface area contributed by atoms with Crippen LogP contribution in [0.4, 0.5) is 5.69 Å². The number of anilines is 1.